The first-order chi connectivity index (χ1) is 11.4. The molecule has 0 aliphatic rings. The number of carbonyl (C=O) groups is 2. The summed E-state index contributed by atoms with van der Waals surface area (Å²) in [4.78, 5) is 25.0. The van der Waals surface area contributed by atoms with Gasteiger partial charge in [0.2, 0.25) is 5.91 Å². The maximum atomic E-state index is 11.8. The molecule has 1 aromatic heterocycles. The van der Waals surface area contributed by atoms with Crippen molar-refractivity contribution >= 4 is 23.7 Å². The standard InChI is InChI=1S/C15H28N6O2S/c1-6-8-9-21-13(11(7-2)20(4)5)18-19-15(21)24-10-12(22)17-14(23)16-3/h11H,6-10H2,1-5H3,(H2,16,17,22,23)/t11-/m0/s1. The van der Waals surface area contributed by atoms with E-state index in [0.29, 0.717) is 5.16 Å². The van der Waals surface area contributed by atoms with E-state index in [1.807, 2.05) is 14.1 Å². The van der Waals surface area contributed by atoms with Crippen molar-refractivity contribution in [2.45, 2.75) is 50.9 Å². The molecule has 0 saturated carbocycles. The Morgan fingerprint density at radius 3 is 2.54 bits per heavy atom. The average molecular weight is 356 g/mol. The van der Waals surface area contributed by atoms with Gasteiger partial charge in [0.05, 0.1) is 11.8 Å². The van der Waals surface area contributed by atoms with Crippen LogP contribution in [-0.2, 0) is 11.3 Å². The Labute approximate surface area is 147 Å². The quantitative estimate of drug-likeness (QED) is 0.654. The van der Waals surface area contributed by atoms with Gasteiger partial charge in [0.1, 0.15) is 0 Å². The van der Waals surface area contributed by atoms with Crippen molar-refractivity contribution in [2.24, 2.45) is 0 Å². The van der Waals surface area contributed by atoms with E-state index >= 15 is 0 Å². The third-order valence-corrected chi connectivity index (χ3v) is 4.57. The van der Waals surface area contributed by atoms with Gasteiger partial charge in [-0.25, -0.2) is 4.79 Å². The van der Waals surface area contributed by atoms with Gasteiger partial charge in [0, 0.05) is 13.6 Å². The minimum absolute atomic E-state index is 0.121. The lowest BCUT2D eigenvalue weighted by Crippen LogP contribution is -2.38. The second kappa shape index (κ2) is 10.3. The smallest absolute Gasteiger partial charge is 0.321 e. The van der Waals surface area contributed by atoms with Gasteiger partial charge in [-0.1, -0.05) is 32.0 Å². The zero-order valence-corrected chi connectivity index (χ0v) is 15.9. The molecule has 0 saturated heterocycles. The molecule has 0 radical (unpaired) electrons. The molecule has 0 aliphatic carbocycles. The summed E-state index contributed by atoms with van der Waals surface area (Å²) in [5.41, 5.74) is 0. The Balaban J connectivity index is 2.88. The summed E-state index contributed by atoms with van der Waals surface area (Å²) in [5.74, 6) is 0.687. The molecule has 24 heavy (non-hydrogen) atoms. The van der Waals surface area contributed by atoms with E-state index in [1.165, 1.54) is 18.8 Å². The summed E-state index contributed by atoms with van der Waals surface area (Å²) < 4.78 is 2.09. The first kappa shape index (κ1) is 20.4. The highest BCUT2D eigenvalue weighted by atomic mass is 32.2. The first-order valence-electron chi connectivity index (χ1n) is 8.18. The van der Waals surface area contributed by atoms with Crippen molar-refractivity contribution in [3.05, 3.63) is 5.82 Å². The number of unbranched alkanes of at least 4 members (excludes halogenated alkanes) is 1. The number of hydrogen-bond donors (Lipinski definition) is 2. The van der Waals surface area contributed by atoms with Crippen LogP contribution in [0.4, 0.5) is 4.79 Å². The van der Waals surface area contributed by atoms with Crippen LogP contribution >= 0.6 is 11.8 Å². The Morgan fingerprint density at radius 2 is 2.00 bits per heavy atom. The summed E-state index contributed by atoms with van der Waals surface area (Å²) in [7, 11) is 5.52. The molecule has 0 fully saturated rings. The molecule has 1 rings (SSSR count). The molecule has 1 atom stereocenters. The lowest BCUT2D eigenvalue weighted by molar-refractivity contribution is -0.117. The Bertz CT molecular complexity index is 546. The molecular weight excluding hydrogens is 328 g/mol. The predicted octanol–water partition coefficient (Wildman–Crippen LogP) is 1.64. The monoisotopic (exact) mass is 356 g/mol. The Morgan fingerprint density at radius 1 is 1.29 bits per heavy atom. The molecule has 0 spiro atoms. The molecule has 0 unspecified atom stereocenters. The van der Waals surface area contributed by atoms with Crippen LogP contribution in [0.1, 0.15) is 45.0 Å². The fraction of sp³-hybridized carbons (Fsp3) is 0.733. The SMILES string of the molecule is CCCCn1c(SCC(=O)NC(=O)NC)nnc1[C@H](CC)N(C)C. The molecule has 0 aliphatic heterocycles. The minimum atomic E-state index is -0.507. The summed E-state index contributed by atoms with van der Waals surface area (Å²) in [6.45, 7) is 5.08. The lowest BCUT2D eigenvalue weighted by atomic mass is 10.2. The van der Waals surface area contributed by atoms with Crippen LogP contribution in [0.5, 0.6) is 0 Å². The second-order valence-electron chi connectivity index (χ2n) is 5.65. The Hall–Kier alpha value is -1.61. The van der Waals surface area contributed by atoms with Crippen molar-refractivity contribution < 1.29 is 9.59 Å². The fourth-order valence-electron chi connectivity index (χ4n) is 2.31. The first-order valence-corrected chi connectivity index (χ1v) is 9.16. The number of amides is 3. The summed E-state index contributed by atoms with van der Waals surface area (Å²) >= 11 is 1.30. The van der Waals surface area contributed by atoms with Crippen molar-refractivity contribution in [1.29, 1.82) is 0 Å². The van der Waals surface area contributed by atoms with Crippen molar-refractivity contribution in [1.82, 2.24) is 30.3 Å². The number of nitrogens with one attached hydrogen (secondary N) is 2. The normalized spacial score (nSPS) is 12.2. The summed E-state index contributed by atoms with van der Waals surface area (Å²) in [6, 6.07) is -0.323. The van der Waals surface area contributed by atoms with E-state index < -0.39 is 6.03 Å². The molecule has 1 heterocycles. The van der Waals surface area contributed by atoms with E-state index in [1.54, 1.807) is 0 Å². The number of imide groups is 1. The van der Waals surface area contributed by atoms with E-state index in [0.717, 1.165) is 31.6 Å². The van der Waals surface area contributed by atoms with E-state index in [2.05, 4.69) is 44.1 Å². The van der Waals surface area contributed by atoms with Crippen LogP contribution in [-0.4, -0.2) is 58.5 Å². The predicted molar refractivity (Wildman–Crippen MR) is 95.0 cm³/mol. The van der Waals surface area contributed by atoms with E-state index in [-0.39, 0.29) is 17.7 Å². The van der Waals surface area contributed by atoms with E-state index in [4.69, 9.17) is 0 Å². The molecule has 0 aromatic carbocycles. The summed E-state index contributed by atoms with van der Waals surface area (Å²) in [6.07, 6.45) is 3.02. The van der Waals surface area contributed by atoms with E-state index in [9.17, 15) is 9.59 Å². The van der Waals surface area contributed by atoms with Gasteiger partial charge in [-0.3, -0.25) is 15.0 Å². The molecule has 2 N–H and O–H groups in total. The van der Waals surface area contributed by atoms with Gasteiger partial charge in [0.25, 0.3) is 0 Å². The van der Waals surface area contributed by atoms with Crippen LogP contribution in [0.15, 0.2) is 5.16 Å². The maximum absolute atomic E-state index is 11.8. The number of aromatic nitrogens is 3. The third-order valence-electron chi connectivity index (χ3n) is 3.60. The number of carbonyl (C=O) groups excluding carboxylic acids is 2. The van der Waals surface area contributed by atoms with Crippen molar-refractivity contribution in [3.8, 4) is 0 Å². The number of thioether (sulfide) groups is 1. The zero-order valence-electron chi connectivity index (χ0n) is 15.1. The number of hydrogen-bond acceptors (Lipinski definition) is 6. The minimum Gasteiger partial charge on any atom is -0.341 e. The molecule has 0 bridgehead atoms. The number of nitrogens with zero attached hydrogens (tertiary/aromatic N) is 4. The molecule has 8 nitrogen and oxygen atoms in total. The van der Waals surface area contributed by atoms with Crippen molar-refractivity contribution in [3.63, 3.8) is 0 Å². The van der Waals surface area contributed by atoms with Crippen LogP contribution in [0, 0.1) is 0 Å². The molecule has 1 aromatic rings. The highest BCUT2D eigenvalue weighted by Gasteiger charge is 2.22. The van der Waals surface area contributed by atoms with Crippen LogP contribution in [0.25, 0.3) is 0 Å². The lowest BCUT2D eigenvalue weighted by Gasteiger charge is -2.23. The van der Waals surface area contributed by atoms with Crippen LogP contribution in [0.3, 0.4) is 0 Å². The van der Waals surface area contributed by atoms with Gasteiger partial charge in [-0.05, 0) is 26.9 Å². The fourth-order valence-corrected chi connectivity index (χ4v) is 3.09. The third kappa shape index (κ3) is 5.79. The van der Waals surface area contributed by atoms with Crippen molar-refractivity contribution in [2.75, 3.05) is 26.9 Å². The van der Waals surface area contributed by atoms with Crippen LogP contribution < -0.4 is 10.6 Å². The topological polar surface area (TPSA) is 92.2 Å². The second-order valence-corrected chi connectivity index (χ2v) is 6.59. The van der Waals surface area contributed by atoms with Gasteiger partial charge < -0.3 is 9.88 Å². The van der Waals surface area contributed by atoms with Gasteiger partial charge in [-0.15, -0.1) is 10.2 Å². The highest BCUT2D eigenvalue weighted by molar-refractivity contribution is 7.99. The van der Waals surface area contributed by atoms with Crippen LogP contribution in [0.2, 0.25) is 0 Å². The molecule has 136 valence electrons. The van der Waals surface area contributed by atoms with Gasteiger partial charge in [-0.2, -0.15) is 0 Å². The van der Waals surface area contributed by atoms with Gasteiger partial charge >= 0.3 is 6.03 Å². The summed E-state index contributed by atoms with van der Waals surface area (Å²) in [5, 5.41) is 13.9. The maximum Gasteiger partial charge on any atom is 0.321 e. The molecular formula is C15H28N6O2S. The zero-order chi connectivity index (χ0) is 18.1. The highest BCUT2D eigenvalue weighted by Crippen LogP contribution is 2.25. The van der Waals surface area contributed by atoms with Gasteiger partial charge in [0.15, 0.2) is 11.0 Å². The Kier molecular flexibility index (Phi) is 8.77. The molecule has 9 heteroatoms. The number of urea groups is 1. The number of rotatable bonds is 9. The largest absolute Gasteiger partial charge is 0.341 e. The average Bonchev–Trinajstić information content (AvgIpc) is 2.93. The molecule has 3 amide bonds.